The molecule has 2 heterocycles. The van der Waals surface area contributed by atoms with Crippen LogP contribution >= 0.6 is 11.6 Å². The van der Waals surface area contributed by atoms with Gasteiger partial charge in [-0.3, -0.25) is 9.59 Å². The largest absolute Gasteiger partial charge is 0.369 e. The van der Waals surface area contributed by atoms with Crippen LogP contribution in [0.3, 0.4) is 0 Å². The zero-order valence-electron chi connectivity index (χ0n) is 13.6. The van der Waals surface area contributed by atoms with Crippen molar-refractivity contribution in [3.8, 4) is 0 Å². The van der Waals surface area contributed by atoms with Gasteiger partial charge >= 0.3 is 0 Å². The lowest BCUT2D eigenvalue weighted by atomic mass is 10.0. The molecule has 0 aliphatic carbocycles. The molecule has 1 aliphatic rings. The zero-order chi connectivity index (χ0) is 17.3. The number of ether oxygens (including phenoxy) is 1. The molecular formula is C18H19ClN2O3. The van der Waals surface area contributed by atoms with Crippen LogP contribution in [0.15, 0.2) is 47.4 Å². The van der Waals surface area contributed by atoms with Crippen molar-refractivity contribution in [3.05, 3.63) is 69.1 Å². The second-order valence-electron chi connectivity index (χ2n) is 6.02. The van der Waals surface area contributed by atoms with Crippen LogP contribution < -0.4 is 5.56 Å². The Kier molecular flexibility index (Phi) is 4.73. The summed E-state index contributed by atoms with van der Waals surface area (Å²) < 4.78 is 7.29. The molecule has 126 valence electrons. The lowest BCUT2D eigenvalue weighted by Crippen LogP contribution is -2.48. The van der Waals surface area contributed by atoms with Crippen molar-refractivity contribution < 1.29 is 9.53 Å². The average molecular weight is 347 g/mol. The zero-order valence-corrected chi connectivity index (χ0v) is 14.4. The summed E-state index contributed by atoms with van der Waals surface area (Å²) in [7, 11) is 1.63. The molecule has 0 radical (unpaired) electrons. The molecule has 6 heteroatoms. The van der Waals surface area contributed by atoms with E-state index in [0.717, 1.165) is 5.56 Å². The Labute approximate surface area is 145 Å². The number of aromatic nitrogens is 1. The number of carbonyl (C=O) groups is 1. The second kappa shape index (κ2) is 6.79. The van der Waals surface area contributed by atoms with E-state index in [1.54, 1.807) is 24.2 Å². The van der Waals surface area contributed by atoms with Gasteiger partial charge in [0, 0.05) is 29.9 Å². The molecule has 0 bridgehead atoms. The van der Waals surface area contributed by atoms with E-state index in [1.165, 1.54) is 10.6 Å². The van der Waals surface area contributed by atoms with Crippen LogP contribution in [0.4, 0.5) is 0 Å². The molecule has 1 fully saturated rings. The average Bonchev–Trinajstić information content (AvgIpc) is 2.58. The normalized spacial score (nSPS) is 20.9. The predicted octanol–water partition coefficient (Wildman–Crippen LogP) is 2.64. The fourth-order valence-corrected chi connectivity index (χ4v) is 3.11. The van der Waals surface area contributed by atoms with Gasteiger partial charge in [-0.25, -0.2) is 0 Å². The fraction of sp³-hybridized carbons (Fsp3) is 0.333. The number of pyridine rings is 1. The highest BCUT2D eigenvalue weighted by atomic mass is 35.5. The summed E-state index contributed by atoms with van der Waals surface area (Å²) in [6, 6.07) is 10.4. The molecule has 3 rings (SSSR count). The number of nitrogens with zero attached hydrogens (tertiary/aromatic N) is 2. The maximum absolute atomic E-state index is 12.9. The van der Waals surface area contributed by atoms with Crippen molar-refractivity contribution in [1.82, 2.24) is 9.47 Å². The van der Waals surface area contributed by atoms with Crippen molar-refractivity contribution in [1.29, 1.82) is 0 Å². The Morgan fingerprint density at radius 1 is 1.25 bits per heavy atom. The van der Waals surface area contributed by atoms with Crippen molar-refractivity contribution in [2.45, 2.75) is 19.1 Å². The van der Waals surface area contributed by atoms with Crippen molar-refractivity contribution in [2.75, 3.05) is 13.2 Å². The van der Waals surface area contributed by atoms with Gasteiger partial charge in [-0.2, -0.15) is 0 Å². The van der Waals surface area contributed by atoms with E-state index in [0.29, 0.717) is 23.7 Å². The van der Waals surface area contributed by atoms with E-state index in [-0.39, 0.29) is 23.6 Å². The molecule has 2 aromatic rings. The summed E-state index contributed by atoms with van der Waals surface area (Å²) in [5.74, 6) is -0.113. The third-order valence-corrected chi connectivity index (χ3v) is 4.62. The van der Waals surface area contributed by atoms with Crippen LogP contribution in [-0.4, -0.2) is 34.6 Å². The minimum atomic E-state index is -0.258. The van der Waals surface area contributed by atoms with Crippen molar-refractivity contribution in [3.63, 3.8) is 0 Å². The molecule has 2 atom stereocenters. The molecule has 0 N–H and O–H groups in total. The Morgan fingerprint density at radius 3 is 2.71 bits per heavy atom. The molecule has 0 unspecified atom stereocenters. The summed E-state index contributed by atoms with van der Waals surface area (Å²) in [5, 5.41) is 0.631. The van der Waals surface area contributed by atoms with Gasteiger partial charge < -0.3 is 14.2 Å². The fourth-order valence-electron chi connectivity index (χ4n) is 2.85. The molecular weight excluding hydrogens is 328 g/mol. The molecule has 1 saturated heterocycles. The molecule has 0 saturated carbocycles. The highest BCUT2D eigenvalue weighted by molar-refractivity contribution is 6.31. The summed E-state index contributed by atoms with van der Waals surface area (Å²) in [6.07, 6.45) is 1.31. The van der Waals surface area contributed by atoms with Crippen LogP contribution in [-0.2, 0) is 11.8 Å². The molecule has 1 amide bonds. The molecule has 24 heavy (non-hydrogen) atoms. The second-order valence-corrected chi connectivity index (χ2v) is 6.42. The molecule has 1 aliphatic heterocycles. The van der Waals surface area contributed by atoms with Gasteiger partial charge in [-0.15, -0.1) is 0 Å². The molecule has 1 aromatic carbocycles. The van der Waals surface area contributed by atoms with Gasteiger partial charge in [0.15, 0.2) is 0 Å². The summed E-state index contributed by atoms with van der Waals surface area (Å²) in [5.41, 5.74) is 1.23. The Balaban J connectivity index is 1.86. The van der Waals surface area contributed by atoms with Crippen molar-refractivity contribution in [2.24, 2.45) is 7.05 Å². The standard InChI is InChI=1S/C18H19ClN2O3/c1-12-11-24-16(14-5-3-4-6-15(14)19)10-21(12)18(23)13-7-8-17(22)20(2)9-13/h3-9,12,16H,10-11H2,1-2H3/t12-,16-/m0/s1. The van der Waals surface area contributed by atoms with Gasteiger partial charge in [0.25, 0.3) is 5.91 Å². The van der Waals surface area contributed by atoms with Crippen LogP contribution in [0.1, 0.15) is 28.9 Å². The number of halogens is 1. The number of hydrogen-bond acceptors (Lipinski definition) is 3. The van der Waals surface area contributed by atoms with Crippen LogP contribution in [0, 0.1) is 0 Å². The first-order valence-electron chi connectivity index (χ1n) is 7.81. The Morgan fingerprint density at radius 2 is 2.00 bits per heavy atom. The maximum atomic E-state index is 12.9. The maximum Gasteiger partial charge on any atom is 0.255 e. The SMILES string of the molecule is C[C@H]1CO[C@H](c2ccccc2Cl)CN1C(=O)c1ccc(=O)n(C)c1. The van der Waals surface area contributed by atoms with Crippen molar-refractivity contribution >= 4 is 17.5 Å². The molecule has 0 spiro atoms. The first kappa shape index (κ1) is 16.7. The van der Waals surface area contributed by atoms with Crippen LogP contribution in [0.25, 0.3) is 0 Å². The minimum absolute atomic E-state index is 0.0477. The van der Waals surface area contributed by atoms with Gasteiger partial charge in [0.05, 0.1) is 24.8 Å². The van der Waals surface area contributed by atoms with Gasteiger partial charge in [-0.05, 0) is 19.1 Å². The number of hydrogen-bond donors (Lipinski definition) is 0. The van der Waals surface area contributed by atoms with E-state index in [9.17, 15) is 9.59 Å². The Bertz CT molecular complexity index is 818. The molecule has 5 nitrogen and oxygen atoms in total. The van der Waals surface area contributed by atoms with Gasteiger partial charge in [0.1, 0.15) is 6.10 Å². The number of amides is 1. The van der Waals surface area contributed by atoms with E-state index in [1.807, 2.05) is 31.2 Å². The van der Waals surface area contributed by atoms with Crippen LogP contribution in [0.5, 0.6) is 0 Å². The predicted molar refractivity (Wildman–Crippen MR) is 92.3 cm³/mol. The summed E-state index contributed by atoms with van der Waals surface area (Å²) in [4.78, 5) is 26.1. The first-order valence-corrected chi connectivity index (χ1v) is 8.19. The lowest BCUT2D eigenvalue weighted by Gasteiger charge is -2.38. The van der Waals surface area contributed by atoms with Gasteiger partial charge in [0.2, 0.25) is 5.56 Å². The number of benzene rings is 1. The molecule has 1 aromatic heterocycles. The minimum Gasteiger partial charge on any atom is -0.369 e. The van der Waals surface area contributed by atoms with E-state index in [2.05, 4.69) is 0 Å². The van der Waals surface area contributed by atoms with E-state index in [4.69, 9.17) is 16.3 Å². The number of rotatable bonds is 2. The van der Waals surface area contributed by atoms with Crippen LogP contribution in [0.2, 0.25) is 5.02 Å². The van der Waals surface area contributed by atoms with E-state index < -0.39 is 0 Å². The third-order valence-electron chi connectivity index (χ3n) is 4.28. The highest BCUT2D eigenvalue weighted by Gasteiger charge is 2.32. The summed E-state index contributed by atoms with van der Waals surface area (Å²) in [6.45, 7) is 2.81. The topological polar surface area (TPSA) is 51.5 Å². The van der Waals surface area contributed by atoms with E-state index >= 15 is 0 Å². The monoisotopic (exact) mass is 346 g/mol. The quantitative estimate of drug-likeness (QED) is 0.840. The third kappa shape index (κ3) is 3.23. The highest BCUT2D eigenvalue weighted by Crippen LogP contribution is 2.30. The summed E-state index contributed by atoms with van der Waals surface area (Å²) >= 11 is 6.25. The number of carbonyl (C=O) groups excluding carboxylic acids is 1. The Hall–Kier alpha value is -2.11. The lowest BCUT2D eigenvalue weighted by molar-refractivity contribution is -0.0486. The first-order chi connectivity index (χ1) is 11.5. The van der Waals surface area contributed by atoms with Gasteiger partial charge in [-0.1, -0.05) is 29.8 Å². The number of morpholine rings is 1. The smallest absolute Gasteiger partial charge is 0.255 e. The number of aryl methyl sites for hydroxylation is 1.